The molecule has 0 amide bonds. The number of pyridine rings is 1. The third-order valence-corrected chi connectivity index (χ3v) is 4.43. The van der Waals surface area contributed by atoms with Crippen LogP contribution in [0.15, 0.2) is 57.6 Å². The van der Waals surface area contributed by atoms with Crippen molar-refractivity contribution >= 4 is 46.4 Å². The number of benzene rings is 2. The molecule has 0 saturated heterocycles. The minimum absolute atomic E-state index is 0.394. The fourth-order valence-corrected chi connectivity index (χ4v) is 3.21. The molecule has 5 rings (SSSR count). The Bertz CT molecular complexity index is 1290. The molecule has 1 aromatic heterocycles. The maximum Gasteiger partial charge on any atom is 0.340 e. The number of hydrogen-bond donors (Lipinski definition) is 0. The van der Waals surface area contributed by atoms with Gasteiger partial charge in [0.2, 0.25) is 0 Å². The van der Waals surface area contributed by atoms with Crippen molar-refractivity contribution < 1.29 is 9.53 Å². The van der Waals surface area contributed by atoms with Gasteiger partial charge < -0.3 is 4.74 Å². The van der Waals surface area contributed by atoms with E-state index >= 15 is 0 Å². The molecule has 0 radical (unpaired) electrons. The van der Waals surface area contributed by atoms with E-state index in [9.17, 15) is 4.79 Å². The minimum atomic E-state index is -0.438. The average Bonchev–Trinajstić information content (AvgIpc) is 3.32. The molecule has 0 N–H and O–H groups in total. The van der Waals surface area contributed by atoms with Gasteiger partial charge in [-0.2, -0.15) is 0 Å². The van der Waals surface area contributed by atoms with Crippen molar-refractivity contribution in [3.63, 3.8) is 0 Å². The highest BCUT2D eigenvalue weighted by Crippen LogP contribution is 2.27. The third-order valence-electron chi connectivity index (χ3n) is 4.43. The van der Waals surface area contributed by atoms with Crippen LogP contribution in [0, 0.1) is 0 Å². The first-order valence-corrected chi connectivity index (χ1v) is 8.07. The standard InChI is InChI=1S/C20H12N4O2/c1-26-20(25)14-10-13(9-12-3-2-7-21-16(12)14)19-23-15-5-4-11-6-8-22-17(11)18(15)24-19/h2-10H,1H3. The maximum absolute atomic E-state index is 12.2. The monoisotopic (exact) mass is 340 g/mol. The molecule has 0 bridgehead atoms. The molecular weight excluding hydrogens is 328 g/mol. The van der Waals surface area contributed by atoms with Gasteiger partial charge in [-0.25, -0.2) is 14.8 Å². The first-order valence-electron chi connectivity index (χ1n) is 8.07. The van der Waals surface area contributed by atoms with Crippen molar-refractivity contribution in [3.05, 3.63) is 64.3 Å². The molecule has 2 aliphatic heterocycles. The molecule has 0 saturated carbocycles. The van der Waals surface area contributed by atoms with Crippen LogP contribution in [0.5, 0.6) is 0 Å². The van der Waals surface area contributed by atoms with E-state index in [2.05, 4.69) is 20.0 Å². The van der Waals surface area contributed by atoms with Gasteiger partial charge in [0.05, 0.1) is 29.2 Å². The van der Waals surface area contributed by atoms with E-state index < -0.39 is 5.97 Å². The lowest BCUT2D eigenvalue weighted by molar-refractivity contribution is 0.0602. The van der Waals surface area contributed by atoms with Gasteiger partial charge in [0.15, 0.2) is 5.84 Å². The van der Waals surface area contributed by atoms with Crippen molar-refractivity contribution in [1.82, 2.24) is 4.98 Å². The Labute approximate surface area is 147 Å². The number of nitrogens with zero attached hydrogens (tertiary/aromatic N) is 4. The van der Waals surface area contributed by atoms with Crippen LogP contribution in [-0.2, 0) is 4.74 Å². The van der Waals surface area contributed by atoms with Crippen molar-refractivity contribution in [2.45, 2.75) is 0 Å². The van der Waals surface area contributed by atoms with Gasteiger partial charge in [-0.05, 0) is 30.3 Å². The van der Waals surface area contributed by atoms with Crippen molar-refractivity contribution in [1.29, 1.82) is 0 Å². The van der Waals surface area contributed by atoms with E-state index in [1.807, 2.05) is 36.4 Å². The number of amidine groups is 1. The first kappa shape index (κ1) is 14.7. The van der Waals surface area contributed by atoms with Gasteiger partial charge in [-0.15, -0.1) is 0 Å². The number of fused-ring (bicyclic) bond motifs is 4. The Morgan fingerprint density at radius 3 is 2.88 bits per heavy atom. The van der Waals surface area contributed by atoms with Crippen LogP contribution in [-0.4, -0.2) is 30.1 Å². The fourth-order valence-electron chi connectivity index (χ4n) is 3.21. The highest BCUT2D eigenvalue weighted by atomic mass is 16.5. The number of aromatic nitrogens is 1. The molecular formula is C20H12N4O2. The zero-order valence-corrected chi connectivity index (χ0v) is 13.8. The summed E-state index contributed by atoms with van der Waals surface area (Å²) in [5.41, 5.74) is 3.32. The third kappa shape index (κ3) is 2.09. The molecule has 0 aliphatic carbocycles. The summed E-state index contributed by atoms with van der Waals surface area (Å²) >= 11 is 0. The zero-order chi connectivity index (χ0) is 17.7. The van der Waals surface area contributed by atoms with Gasteiger partial charge in [0, 0.05) is 28.6 Å². The van der Waals surface area contributed by atoms with E-state index in [1.165, 1.54) is 7.11 Å². The lowest BCUT2D eigenvalue weighted by Crippen LogP contribution is -2.07. The summed E-state index contributed by atoms with van der Waals surface area (Å²) in [4.78, 5) is 30.2. The van der Waals surface area contributed by atoms with Gasteiger partial charge in [-0.3, -0.25) is 9.98 Å². The number of esters is 1. The molecule has 26 heavy (non-hydrogen) atoms. The normalized spacial score (nSPS) is 13.7. The summed E-state index contributed by atoms with van der Waals surface area (Å²) in [6.07, 6.45) is 5.36. The minimum Gasteiger partial charge on any atom is -0.465 e. The van der Waals surface area contributed by atoms with E-state index in [0.717, 1.165) is 32.9 Å². The zero-order valence-electron chi connectivity index (χ0n) is 13.8. The van der Waals surface area contributed by atoms with Gasteiger partial charge >= 0.3 is 5.97 Å². The molecule has 6 nitrogen and oxygen atoms in total. The van der Waals surface area contributed by atoms with Crippen LogP contribution in [0.4, 0.5) is 11.4 Å². The molecule has 0 spiro atoms. The molecule has 0 unspecified atom stereocenters. The van der Waals surface area contributed by atoms with Gasteiger partial charge in [0.25, 0.3) is 0 Å². The van der Waals surface area contributed by atoms with Crippen molar-refractivity contribution in [2.75, 3.05) is 7.11 Å². The quantitative estimate of drug-likeness (QED) is 0.671. The number of aliphatic imine (C=N–C) groups is 2. The molecule has 3 heterocycles. The molecule has 124 valence electrons. The van der Waals surface area contributed by atoms with Crippen LogP contribution in [0.3, 0.4) is 0 Å². The summed E-state index contributed by atoms with van der Waals surface area (Å²) in [5.74, 6) is 0.109. The predicted octanol–water partition coefficient (Wildman–Crippen LogP) is 2.23. The second kappa shape index (κ2) is 5.42. The van der Waals surface area contributed by atoms with E-state index in [1.54, 1.807) is 18.5 Å². The Balaban J connectivity index is 1.73. The Morgan fingerprint density at radius 1 is 1.08 bits per heavy atom. The number of ether oxygens (including phenoxy) is 1. The van der Waals surface area contributed by atoms with Crippen LogP contribution in [0.1, 0.15) is 15.9 Å². The Kier molecular flexibility index (Phi) is 3.05. The second-order valence-corrected chi connectivity index (χ2v) is 5.95. The molecule has 0 atom stereocenters. The highest BCUT2D eigenvalue weighted by Gasteiger charge is 2.19. The van der Waals surface area contributed by atoms with E-state index in [4.69, 9.17) is 4.74 Å². The second-order valence-electron chi connectivity index (χ2n) is 5.95. The summed E-state index contributed by atoms with van der Waals surface area (Å²) in [6, 6.07) is 11.3. The summed E-state index contributed by atoms with van der Waals surface area (Å²) < 4.78 is 4.91. The van der Waals surface area contributed by atoms with Crippen LogP contribution in [0.25, 0.3) is 17.0 Å². The Morgan fingerprint density at radius 2 is 2.00 bits per heavy atom. The largest absolute Gasteiger partial charge is 0.465 e. The molecule has 0 fully saturated rings. The van der Waals surface area contributed by atoms with Gasteiger partial charge in [-0.1, -0.05) is 12.1 Å². The van der Waals surface area contributed by atoms with Crippen molar-refractivity contribution in [3.8, 4) is 0 Å². The summed E-state index contributed by atoms with van der Waals surface area (Å²) in [5, 5.41) is 2.63. The SMILES string of the molecule is COC(=O)c1cc(C2=Nc3c4c(ccc3=N2)=CC=N4)cc2cccnc12. The average molecular weight is 340 g/mol. The Hall–Kier alpha value is -3.67. The highest BCUT2D eigenvalue weighted by molar-refractivity contribution is 6.11. The van der Waals surface area contributed by atoms with Crippen LogP contribution in [0.2, 0.25) is 0 Å². The number of carbonyl (C=O) groups is 1. The lowest BCUT2D eigenvalue weighted by atomic mass is 10.0. The number of methoxy groups -OCH3 is 1. The first-order chi connectivity index (χ1) is 12.7. The number of hydrogen-bond acceptors (Lipinski definition) is 6. The summed E-state index contributed by atoms with van der Waals surface area (Å²) in [7, 11) is 1.36. The molecule has 3 aromatic rings. The smallest absolute Gasteiger partial charge is 0.340 e. The van der Waals surface area contributed by atoms with E-state index in [-0.39, 0.29) is 0 Å². The molecule has 6 heteroatoms. The maximum atomic E-state index is 12.2. The summed E-state index contributed by atoms with van der Waals surface area (Å²) in [6.45, 7) is 0. The van der Waals surface area contributed by atoms with E-state index in [0.29, 0.717) is 16.9 Å². The predicted molar refractivity (Wildman–Crippen MR) is 99.1 cm³/mol. The number of rotatable bonds is 2. The lowest BCUT2D eigenvalue weighted by Gasteiger charge is -2.07. The molecule has 2 aromatic carbocycles. The topological polar surface area (TPSA) is 76.3 Å². The van der Waals surface area contributed by atoms with Crippen LogP contribution < -0.4 is 10.6 Å². The van der Waals surface area contributed by atoms with Gasteiger partial charge in [0.1, 0.15) is 5.69 Å². The molecule has 2 aliphatic rings. The van der Waals surface area contributed by atoms with Crippen molar-refractivity contribution in [2.24, 2.45) is 15.0 Å². The number of carbonyl (C=O) groups excluding carboxylic acids is 1. The van der Waals surface area contributed by atoms with Crippen LogP contribution >= 0.6 is 0 Å². The fraction of sp³-hybridized carbons (Fsp3) is 0.0500.